The lowest BCUT2D eigenvalue weighted by atomic mass is 10.0. The van der Waals surface area contributed by atoms with Gasteiger partial charge in [-0.25, -0.2) is 4.39 Å². The highest BCUT2D eigenvalue weighted by molar-refractivity contribution is 5.96. The first kappa shape index (κ1) is 18.1. The molecule has 0 saturated carbocycles. The largest absolute Gasteiger partial charge is 0.375 e. The summed E-state index contributed by atoms with van der Waals surface area (Å²) >= 11 is 0. The molecule has 2 N–H and O–H groups in total. The van der Waals surface area contributed by atoms with E-state index >= 15 is 0 Å². The van der Waals surface area contributed by atoms with E-state index in [2.05, 4.69) is 15.5 Å². The van der Waals surface area contributed by atoms with E-state index in [-0.39, 0.29) is 29.8 Å². The van der Waals surface area contributed by atoms with Crippen LogP contribution >= 0.6 is 0 Å². The Bertz CT molecular complexity index is 695. The van der Waals surface area contributed by atoms with Gasteiger partial charge < -0.3 is 10.1 Å². The average Bonchev–Trinajstić information content (AvgIpc) is 2.92. The Kier molecular flexibility index (Phi) is 5.72. The summed E-state index contributed by atoms with van der Waals surface area (Å²) in [4.78, 5) is 12.7. The van der Waals surface area contributed by atoms with Crippen LogP contribution in [0.3, 0.4) is 0 Å². The van der Waals surface area contributed by atoms with Crippen molar-refractivity contribution in [3.63, 3.8) is 0 Å². The number of carbonyl (C=O) groups excluding carboxylic acids is 1. The van der Waals surface area contributed by atoms with Crippen LogP contribution in [-0.2, 0) is 4.74 Å². The predicted octanol–water partition coefficient (Wildman–Crippen LogP) is 3.49. The smallest absolute Gasteiger partial charge is 0.255 e. The standard InChI is InChI=1S/C18H24FN3O2/c1-10(2)16-15(11(3)21-22-16)18(23)20-12(4)17(24-5)13-6-8-14(19)9-7-13/h6-10,12,17H,1-5H3,(H,20,23)(H,21,22)/t12-,17+/m1/s1. The minimum absolute atomic E-state index is 0.140. The molecule has 2 atom stereocenters. The normalized spacial score (nSPS) is 13.8. The molecule has 2 rings (SSSR count). The van der Waals surface area contributed by atoms with E-state index < -0.39 is 0 Å². The Morgan fingerprint density at radius 3 is 2.42 bits per heavy atom. The van der Waals surface area contributed by atoms with Gasteiger partial charge >= 0.3 is 0 Å². The molecule has 24 heavy (non-hydrogen) atoms. The number of nitrogens with zero attached hydrogens (tertiary/aromatic N) is 1. The van der Waals surface area contributed by atoms with Gasteiger partial charge in [0, 0.05) is 12.8 Å². The van der Waals surface area contributed by atoms with Gasteiger partial charge in [0.25, 0.3) is 5.91 Å². The molecular formula is C18H24FN3O2. The van der Waals surface area contributed by atoms with Crippen molar-refractivity contribution >= 4 is 5.91 Å². The third-order valence-corrected chi connectivity index (χ3v) is 4.01. The van der Waals surface area contributed by atoms with Crippen LogP contribution in [-0.4, -0.2) is 29.3 Å². The summed E-state index contributed by atoms with van der Waals surface area (Å²) in [7, 11) is 1.57. The van der Waals surface area contributed by atoms with E-state index in [1.807, 2.05) is 27.7 Å². The van der Waals surface area contributed by atoms with Crippen LogP contribution < -0.4 is 5.32 Å². The van der Waals surface area contributed by atoms with Crippen molar-refractivity contribution in [2.24, 2.45) is 0 Å². The van der Waals surface area contributed by atoms with Crippen LogP contribution in [0.25, 0.3) is 0 Å². The molecule has 1 amide bonds. The minimum Gasteiger partial charge on any atom is -0.375 e. The van der Waals surface area contributed by atoms with Crippen LogP contribution in [0.15, 0.2) is 24.3 Å². The average molecular weight is 333 g/mol. The molecule has 0 bridgehead atoms. The number of aryl methyl sites for hydroxylation is 1. The van der Waals surface area contributed by atoms with E-state index in [9.17, 15) is 9.18 Å². The van der Waals surface area contributed by atoms with Gasteiger partial charge in [-0.2, -0.15) is 5.10 Å². The van der Waals surface area contributed by atoms with Gasteiger partial charge in [-0.15, -0.1) is 0 Å². The minimum atomic E-state index is -0.371. The Balaban J connectivity index is 2.18. The Labute approximate surface area is 141 Å². The molecular weight excluding hydrogens is 309 g/mol. The van der Waals surface area contributed by atoms with Crippen molar-refractivity contribution in [1.82, 2.24) is 15.5 Å². The maximum Gasteiger partial charge on any atom is 0.255 e. The molecule has 0 fully saturated rings. The zero-order chi connectivity index (χ0) is 17.9. The molecule has 0 spiro atoms. The topological polar surface area (TPSA) is 67.0 Å². The van der Waals surface area contributed by atoms with Crippen LogP contribution in [0.2, 0.25) is 0 Å². The van der Waals surface area contributed by atoms with Gasteiger partial charge in [-0.1, -0.05) is 26.0 Å². The second-order valence-corrected chi connectivity index (χ2v) is 6.23. The van der Waals surface area contributed by atoms with Crippen molar-refractivity contribution in [2.45, 2.75) is 45.8 Å². The zero-order valence-corrected chi connectivity index (χ0v) is 14.7. The van der Waals surface area contributed by atoms with Crippen molar-refractivity contribution in [3.05, 3.63) is 52.6 Å². The molecule has 1 aromatic carbocycles. The van der Waals surface area contributed by atoms with Crippen LogP contribution in [0.1, 0.15) is 60.1 Å². The second-order valence-electron chi connectivity index (χ2n) is 6.23. The fourth-order valence-corrected chi connectivity index (χ4v) is 2.79. The van der Waals surface area contributed by atoms with Gasteiger partial charge in [0.1, 0.15) is 11.9 Å². The SMILES string of the molecule is CO[C@H](c1ccc(F)cc1)[C@@H](C)NC(=O)c1c(C(C)C)n[nH]c1C. The highest BCUT2D eigenvalue weighted by atomic mass is 19.1. The number of benzene rings is 1. The Hall–Kier alpha value is -2.21. The van der Waals surface area contributed by atoms with Crippen LogP contribution in [0.4, 0.5) is 4.39 Å². The Morgan fingerprint density at radius 2 is 1.88 bits per heavy atom. The zero-order valence-electron chi connectivity index (χ0n) is 14.7. The van der Waals surface area contributed by atoms with Gasteiger partial charge in [0.15, 0.2) is 0 Å². The number of hydrogen-bond donors (Lipinski definition) is 2. The number of halogens is 1. The maximum atomic E-state index is 13.1. The highest BCUT2D eigenvalue weighted by Gasteiger charge is 2.25. The number of methoxy groups -OCH3 is 1. The second kappa shape index (κ2) is 7.57. The lowest BCUT2D eigenvalue weighted by Gasteiger charge is -2.24. The number of hydrogen-bond acceptors (Lipinski definition) is 3. The van der Waals surface area contributed by atoms with Crippen molar-refractivity contribution in [1.29, 1.82) is 0 Å². The van der Waals surface area contributed by atoms with Gasteiger partial charge in [-0.3, -0.25) is 9.89 Å². The number of rotatable bonds is 6. The quantitative estimate of drug-likeness (QED) is 0.850. The van der Waals surface area contributed by atoms with Crippen molar-refractivity contribution in [3.8, 4) is 0 Å². The van der Waals surface area contributed by atoms with Crippen LogP contribution in [0.5, 0.6) is 0 Å². The number of aromatic amines is 1. The van der Waals surface area contributed by atoms with E-state index in [1.54, 1.807) is 19.2 Å². The summed E-state index contributed by atoms with van der Waals surface area (Å²) in [6.45, 7) is 7.67. The van der Waals surface area contributed by atoms with Crippen molar-refractivity contribution < 1.29 is 13.9 Å². The summed E-state index contributed by atoms with van der Waals surface area (Å²) in [6.07, 6.45) is -0.371. The van der Waals surface area contributed by atoms with Crippen molar-refractivity contribution in [2.75, 3.05) is 7.11 Å². The number of H-pyrrole nitrogens is 1. The fraction of sp³-hybridized carbons (Fsp3) is 0.444. The number of aromatic nitrogens is 2. The van der Waals surface area contributed by atoms with Gasteiger partial charge in [-0.05, 0) is 37.5 Å². The molecule has 2 aromatic rings. The lowest BCUT2D eigenvalue weighted by molar-refractivity contribution is 0.0643. The fourth-order valence-electron chi connectivity index (χ4n) is 2.79. The maximum absolute atomic E-state index is 13.1. The molecule has 6 heteroatoms. The van der Waals surface area contributed by atoms with E-state index in [1.165, 1.54) is 12.1 Å². The number of ether oxygens (including phenoxy) is 1. The summed E-state index contributed by atoms with van der Waals surface area (Å²) in [5, 5.41) is 10.1. The predicted molar refractivity (Wildman–Crippen MR) is 90.5 cm³/mol. The summed E-state index contributed by atoms with van der Waals surface area (Å²) < 4.78 is 18.6. The van der Waals surface area contributed by atoms with E-state index in [0.29, 0.717) is 5.56 Å². The third-order valence-electron chi connectivity index (χ3n) is 4.01. The summed E-state index contributed by atoms with van der Waals surface area (Å²) in [5.74, 6) is -0.358. The van der Waals surface area contributed by atoms with E-state index in [4.69, 9.17) is 4.74 Å². The molecule has 0 unspecified atom stereocenters. The van der Waals surface area contributed by atoms with Gasteiger partial charge in [0.2, 0.25) is 0 Å². The molecule has 1 heterocycles. The first-order valence-electron chi connectivity index (χ1n) is 7.99. The van der Waals surface area contributed by atoms with Gasteiger partial charge in [0.05, 0.1) is 17.3 Å². The first-order chi connectivity index (χ1) is 11.3. The highest BCUT2D eigenvalue weighted by Crippen LogP contribution is 2.23. The molecule has 0 aliphatic heterocycles. The third kappa shape index (κ3) is 3.82. The summed E-state index contributed by atoms with van der Waals surface area (Å²) in [6, 6.07) is 5.80. The lowest BCUT2D eigenvalue weighted by Crippen LogP contribution is -2.38. The monoisotopic (exact) mass is 333 g/mol. The molecule has 0 saturated heterocycles. The molecule has 130 valence electrons. The summed E-state index contributed by atoms with van der Waals surface area (Å²) in [5.41, 5.74) is 2.86. The Morgan fingerprint density at radius 1 is 1.25 bits per heavy atom. The van der Waals surface area contributed by atoms with Crippen LogP contribution in [0, 0.1) is 12.7 Å². The number of amides is 1. The number of nitrogens with one attached hydrogen (secondary N) is 2. The molecule has 0 aliphatic rings. The van der Waals surface area contributed by atoms with E-state index in [0.717, 1.165) is 17.0 Å². The number of carbonyl (C=O) groups is 1. The first-order valence-corrected chi connectivity index (χ1v) is 7.99. The molecule has 1 aromatic heterocycles. The molecule has 0 aliphatic carbocycles. The molecule has 5 nitrogen and oxygen atoms in total. The molecule has 0 radical (unpaired) electrons.